The van der Waals surface area contributed by atoms with Gasteiger partial charge in [-0.25, -0.2) is 4.79 Å². The molecule has 0 aliphatic rings. The molecule has 0 spiro atoms. The summed E-state index contributed by atoms with van der Waals surface area (Å²) in [6.45, 7) is 4.69. The van der Waals surface area contributed by atoms with Crippen LogP contribution in [-0.2, 0) is 9.53 Å². The maximum Gasteiger partial charge on any atom is 0.327 e. The Kier molecular flexibility index (Phi) is 4.31. The monoisotopic (exact) mass is 207 g/mol. The number of likely N-dealkylation sites (N-methyl/N-ethyl adjacent to an activating group) is 1. The van der Waals surface area contributed by atoms with Crippen molar-refractivity contribution in [2.45, 2.75) is 19.9 Å². The lowest BCUT2D eigenvalue weighted by molar-refractivity contribution is -0.143. The molecule has 0 bridgehead atoms. The van der Waals surface area contributed by atoms with E-state index in [2.05, 4.69) is 5.32 Å². The molecule has 0 radical (unpaired) electrons. The number of ether oxygens (including phenoxy) is 1. The highest BCUT2D eigenvalue weighted by molar-refractivity contribution is 5.78. The van der Waals surface area contributed by atoms with Crippen molar-refractivity contribution in [3.05, 3.63) is 35.4 Å². The lowest BCUT2D eigenvalue weighted by atomic mass is 10.0. The van der Waals surface area contributed by atoms with E-state index in [0.717, 1.165) is 17.7 Å². The van der Waals surface area contributed by atoms with E-state index in [4.69, 9.17) is 4.74 Å². The molecule has 1 N–H and O–H groups in total. The van der Waals surface area contributed by atoms with Gasteiger partial charge >= 0.3 is 5.97 Å². The molecule has 82 valence electrons. The van der Waals surface area contributed by atoms with Gasteiger partial charge in [-0.05, 0) is 24.6 Å². The van der Waals surface area contributed by atoms with Gasteiger partial charge in [-0.3, -0.25) is 0 Å². The molecule has 0 heterocycles. The third kappa shape index (κ3) is 2.80. The number of methoxy groups -OCH3 is 1. The van der Waals surface area contributed by atoms with Crippen LogP contribution < -0.4 is 5.32 Å². The standard InChI is InChI=1S/C12H17NO2/c1-4-13-11(12(14)15-3)10-8-6-5-7-9(10)2/h5-8,11,13H,4H2,1-3H3. The Balaban J connectivity index is 2.98. The van der Waals surface area contributed by atoms with Gasteiger partial charge in [0.25, 0.3) is 0 Å². The molecular formula is C12H17NO2. The van der Waals surface area contributed by atoms with Gasteiger partial charge in [0.05, 0.1) is 7.11 Å². The van der Waals surface area contributed by atoms with Gasteiger partial charge in [0.1, 0.15) is 6.04 Å². The van der Waals surface area contributed by atoms with Crippen LogP contribution >= 0.6 is 0 Å². The Morgan fingerprint density at radius 3 is 2.67 bits per heavy atom. The number of benzene rings is 1. The first-order valence-electron chi connectivity index (χ1n) is 5.07. The average molecular weight is 207 g/mol. The van der Waals surface area contributed by atoms with Crippen molar-refractivity contribution in [1.29, 1.82) is 0 Å². The molecule has 3 heteroatoms. The van der Waals surface area contributed by atoms with E-state index in [1.54, 1.807) is 0 Å². The summed E-state index contributed by atoms with van der Waals surface area (Å²) in [5, 5.41) is 3.12. The van der Waals surface area contributed by atoms with Crippen molar-refractivity contribution in [3.8, 4) is 0 Å². The number of carbonyl (C=O) groups is 1. The third-order valence-electron chi connectivity index (χ3n) is 2.34. The van der Waals surface area contributed by atoms with E-state index < -0.39 is 0 Å². The molecule has 1 aromatic carbocycles. The fourth-order valence-electron chi connectivity index (χ4n) is 1.55. The van der Waals surface area contributed by atoms with Crippen LogP contribution in [0.25, 0.3) is 0 Å². The number of rotatable bonds is 4. The molecular weight excluding hydrogens is 190 g/mol. The Morgan fingerprint density at radius 2 is 2.13 bits per heavy atom. The van der Waals surface area contributed by atoms with Crippen molar-refractivity contribution in [2.75, 3.05) is 13.7 Å². The van der Waals surface area contributed by atoms with Gasteiger partial charge in [-0.15, -0.1) is 0 Å². The first-order chi connectivity index (χ1) is 7.20. The Morgan fingerprint density at radius 1 is 1.47 bits per heavy atom. The Labute approximate surface area is 90.4 Å². The van der Waals surface area contributed by atoms with E-state index in [9.17, 15) is 4.79 Å². The predicted octanol–water partition coefficient (Wildman–Crippen LogP) is 1.82. The van der Waals surface area contributed by atoms with Crippen LogP contribution in [0.15, 0.2) is 24.3 Å². The molecule has 0 aromatic heterocycles. The van der Waals surface area contributed by atoms with Crippen molar-refractivity contribution in [1.82, 2.24) is 5.32 Å². The summed E-state index contributed by atoms with van der Waals surface area (Å²) in [5.41, 5.74) is 2.07. The maximum absolute atomic E-state index is 11.6. The molecule has 0 saturated heterocycles. The van der Waals surface area contributed by atoms with Crippen LogP contribution in [-0.4, -0.2) is 19.6 Å². The van der Waals surface area contributed by atoms with E-state index >= 15 is 0 Å². The van der Waals surface area contributed by atoms with Crippen molar-refractivity contribution < 1.29 is 9.53 Å². The molecule has 0 aliphatic heterocycles. The number of nitrogens with one attached hydrogen (secondary N) is 1. The zero-order chi connectivity index (χ0) is 11.3. The second kappa shape index (κ2) is 5.51. The number of carbonyl (C=O) groups excluding carboxylic acids is 1. The molecule has 0 saturated carbocycles. The Hall–Kier alpha value is -1.35. The smallest absolute Gasteiger partial charge is 0.327 e. The van der Waals surface area contributed by atoms with Crippen molar-refractivity contribution >= 4 is 5.97 Å². The molecule has 15 heavy (non-hydrogen) atoms. The molecule has 0 amide bonds. The van der Waals surface area contributed by atoms with Crippen molar-refractivity contribution in [2.24, 2.45) is 0 Å². The molecule has 1 unspecified atom stereocenters. The number of esters is 1. The molecule has 0 fully saturated rings. The molecule has 3 nitrogen and oxygen atoms in total. The van der Waals surface area contributed by atoms with E-state index in [1.807, 2.05) is 38.1 Å². The van der Waals surface area contributed by atoms with Crippen LogP contribution in [0.5, 0.6) is 0 Å². The highest BCUT2D eigenvalue weighted by Gasteiger charge is 2.21. The fourth-order valence-corrected chi connectivity index (χ4v) is 1.55. The topological polar surface area (TPSA) is 38.3 Å². The second-order valence-electron chi connectivity index (χ2n) is 3.37. The molecule has 0 aliphatic carbocycles. The minimum absolute atomic E-state index is 0.244. The van der Waals surface area contributed by atoms with Crippen molar-refractivity contribution in [3.63, 3.8) is 0 Å². The highest BCUT2D eigenvalue weighted by atomic mass is 16.5. The lowest BCUT2D eigenvalue weighted by Crippen LogP contribution is -2.29. The molecule has 1 aromatic rings. The van der Waals surface area contributed by atoms with E-state index in [-0.39, 0.29) is 12.0 Å². The minimum atomic E-state index is -0.360. The SMILES string of the molecule is CCNC(C(=O)OC)c1ccccc1C. The average Bonchev–Trinajstić information content (AvgIpc) is 2.26. The van der Waals surface area contributed by atoms with E-state index in [1.165, 1.54) is 7.11 Å². The van der Waals surface area contributed by atoms with Crippen LogP contribution in [0, 0.1) is 6.92 Å². The summed E-state index contributed by atoms with van der Waals surface area (Å²) in [6, 6.07) is 7.46. The fraction of sp³-hybridized carbons (Fsp3) is 0.417. The summed E-state index contributed by atoms with van der Waals surface area (Å²) in [7, 11) is 1.41. The second-order valence-corrected chi connectivity index (χ2v) is 3.37. The quantitative estimate of drug-likeness (QED) is 0.765. The zero-order valence-electron chi connectivity index (χ0n) is 9.41. The molecule has 1 atom stereocenters. The van der Waals surface area contributed by atoms with E-state index in [0.29, 0.717) is 0 Å². The number of aryl methyl sites for hydroxylation is 1. The van der Waals surface area contributed by atoms with Gasteiger partial charge in [-0.2, -0.15) is 0 Å². The summed E-state index contributed by atoms with van der Waals surface area (Å²) in [5.74, 6) is -0.244. The lowest BCUT2D eigenvalue weighted by Gasteiger charge is -2.17. The first kappa shape index (κ1) is 11.7. The minimum Gasteiger partial charge on any atom is -0.468 e. The first-order valence-corrected chi connectivity index (χ1v) is 5.07. The van der Waals surface area contributed by atoms with Crippen LogP contribution in [0.2, 0.25) is 0 Å². The van der Waals surface area contributed by atoms with Gasteiger partial charge in [-0.1, -0.05) is 31.2 Å². The van der Waals surface area contributed by atoms with Crippen LogP contribution in [0.4, 0.5) is 0 Å². The third-order valence-corrected chi connectivity index (χ3v) is 2.34. The van der Waals surface area contributed by atoms with Gasteiger partial charge < -0.3 is 10.1 Å². The molecule has 1 rings (SSSR count). The highest BCUT2D eigenvalue weighted by Crippen LogP contribution is 2.18. The predicted molar refractivity (Wildman–Crippen MR) is 59.6 cm³/mol. The largest absolute Gasteiger partial charge is 0.468 e. The maximum atomic E-state index is 11.6. The van der Waals surface area contributed by atoms with Crippen LogP contribution in [0.1, 0.15) is 24.1 Å². The van der Waals surface area contributed by atoms with Gasteiger partial charge in [0.2, 0.25) is 0 Å². The number of hydrogen-bond acceptors (Lipinski definition) is 3. The van der Waals surface area contributed by atoms with Gasteiger partial charge in [0.15, 0.2) is 0 Å². The Bertz CT molecular complexity index is 336. The normalized spacial score (nSPS) is 12.2. The summed E-state index contributed by atoms with van der Waals surface area (Å²) < 4.78 is 4.77. The van der Waals surface area contributed by atoms with Gasteiger partial charge in [0, 0.05) is 0 Å². The summed E-state index contributed by atoms with van der Waals surface area (Å²) in [6.07, 6.45) is 0. The zero-order valence-corrected chi connectivity index (χ0v) is 9.41. The summed E-state index contributed by atoms with van der Waals surface area (Å²) >= 11 is 0. The summed E-state index contributed by atoms with van der Waals surface area (Å²) in [4.78, 5) is 11.6. The number of hydrogen-bond donors (Lipinski definition) is 1. The van der Waals surface area contributed by atoms with Crippen LogP contribution in [0.3, 0.4) is 0 Å².